The Hall–Kier alpha value is -1.63. The number of hydrogen-bond acceptors (Lipinski definition) is 3. The quantitative estimate of drug-likeness (QED) is 0.566. The summed E-state index contributed by atoms with van der Waals surface area (Å²) in [6.07, 6.45) is 0. The van der Waals surface area contributed by atoms with Crippen molar-refractivity contribution in [1.82, 2.24) is 15.5 Å². The molecular formula is C12H25N4O3+. The number of amides is 4. The van der Waals surface area contributed by atoms with Crippen LogP contribution in [0.1, 0.15) is 20.8 Å². The van der Waals surface area contributed by atoms with Gasteiger partial charge in [-0.3, -0.25) is 14.9 Å². The monoisotopic (exact) mass is 273 g/mol. The van der Waals surface area contributed by atoms with E-state index in [-0.39, 0.29) is 19.0 Å². The number of nitrogens with one attached hydrogen (secondary N) is 3. The lowest BCUT2D eigenvalue weighted by atomic mass is 10.1. The van der Waals surface area contributed by atoms with Gasteiger partial charge in [0.2, 0.25) is 0 Å². The number of rotatable bonds is 4. The van der Waals surface area contributed by atoms with Gasteiger partial charge in [0.05, 0.1) is 7.05 Å². The summed E-state index contributed by atoms with van der Waals surface area (Å²) in [5, 5.41) is 4.86. The van der Waals surface area contributed by atoms with Crippen molar-refractivity contribution in [3.05, 3.63) is 0 Å². The van der Waals surface area contributed by atoms with E-state index in [0.29, 0.717) is 0 Å². The lowest BCUT2D eigenvalue weighted by Crippen LogP contribution is -3.11. The maximum Gasteiger partial charge on any atom is 0.322 e. The van der Waals surface area contributed by atoms with Crippen LogP contribution in [0.15, 0.2) is 0 Å². The molecule has 4 amide bonds. The molecule has 0 aromatic carbocycles. The van der Waals surface area contributed by atoms with Crippen molar-refractivity contribution in [2.24, 2.45) is 0 Å². The van der Waals surface area contributed by atoms with E-state index in [0.717, 1.165) is 4.90 Å². The van der Waals surface area contributed by atoms with Gasteiger partial charge in [-0.25, -0.2) is 4.79 Å². The lowest BCUT2D eigenvalue weighted by molar-refractivity contribution is -0.862. The number of likely N-dealkylation sites (N-methyl/N-ethyl adjacent to an activating group) is 2. The highest BCUT2D eigenvalue weighted by Crippen LogP contribution is 1.96. The molecule has 19 heavy (non-hydrogen) atoms. The van der Waals surface area contributed by atoms with Gasteiger partial charge in [0.15, 0.2) is 13.1 Å². The van der Waals surface area contributed by atoms with Crippen LogP contribution in [-0.4, -0.2) is 62.5 Å². The number of hydrogen-bond donors (Lipinski definition) is 3. The minimum absolute atomic E-state index is 0.0653. The maximum absolute atomic E-state index is 11.6. The molecule has 0 aliphatic heterocycles. The van der Waals surface area contributed by atoms with Gasteiger partial charge in [-0.05, 0) is 20.8 Å². The summed E-state index contributed by atoms with van der Waals surface area (Å²) in [7, 11) is 5.04. The standard InChI is InChI=1S/C12H24N4O3/c1-12(2,3)14-11(19)13-9(17)7-16(6)8-10(18)15(4)5/h7-8H2,1-6H3,(H2,13,14,17,19)/p+1. The van der Waals surface area contributed by atoms with Gasteiger partial charge in [-0.2, -0.15) is 0 Å². The third kappa shape index (κ3) is 9.01. The number of carbonyl (C=O) groups excluding carboxylic acids is 3. The second-order valence-electron chi connectivity index (χ2n) is 5.85. The van der Waals surface area contributed by atoms with Crippen molar-refractivity contribution in [3.63, 3.8) is 0 Å². The number of urea groups is 1. The summed E-state index contributed by atoms with van der Waals surface area (Å²) in [5.41, 5.74) is -0.399. The predicted molar refractivity (Wildman–Crippen MR) is 71.7 cm³/mol. The predicted octanol–water partition coefficient (Wildman–Crippen LogP) is -1.79. The van der Waals surface area contributed by atoms with Crippen molar-refractivity contribution >= 4 is 17.8 Å². The fraction of sp³-hybridized carbons (Fsp3) is 0.750. The molecule has 0 saturated carbocycles. The van der Waals surface area contributed by atoms with Crippen LogP contribution in [-0.2, 0) is 9.59 Å². The van der Waals surface area contributed by atoms with Crippen molar-refractivity contribution < 1.29 is 19.3 Å². The van der Waals surface area contributed by atoms with E-state index >= 15 is 0 Å². The van der Waals surface area contributed by atoms with Gasteiger partial charge in [-0.15, -0.1) is 0 Å². The normalized spacial score (nSPS) is 12.5. The van der Waals surface area contributed by atoms with Crippen LogP contribution in [0.2, 0.25) is 0 Å². The largest absolute Gasteiger partial charge is 0.344 e. The topological polar surface area (TPSA) is 83.0 Å². The summed E-state index contributed by atoms with van der Waals surface area (Å²) in [4.78, 5) is 36.7. The number of imide groups is 1. The van der Waals surface area contributed by atoms with Crippen LogP contribution < -0.4 is 15.5 Å². The van der Waals surface area contributed by atoms with Gasteiger partial charge in [0.25, 0.3) is 11.8 Å². The molecule has 0 aliphatic rings. The molecule has 0 aromatic rings. The van der Waals surface area contributed by atoms with Crippen LogP contribution in [0.4, 0.5) is 4.79 Å². The van der Waals surface area contributed by atoms with Crippen LogP contribution in [0.3, 0.4) is 0 Å². The first kappa shape index (κ1) is 17.4. The third-order valence-electron chi connectivity index (χ3n) is 2.16. The number of nitrogens with zero attached hydrogens (tertiary/aromatic N) is 1. The fourth-order valence-electron chi connectivity index (χ4n) is 1.30. The number of quaternary nitrogens is 1. The summed E-state index contributed by atoms with van der Waals surface area (Å²) in [6.45, 7) is 5.75. The van der Waals surface area contributed by atoms with Crippen molar-refractivity contribution in [2.45, 2.75) is 26.3 Å². The Labute approximate surface area is 114 Å². The molecule has 0 rings (SSSR count). The molecule has 0 fully saturated rings. The Morgan fingerprint density at radius 1 is 1.11 bits per heavy atom. The smallest absolute Gasteiger partial charge is 0.322 e. The molecule has 7 heteroatoms. The zero-order valence-electron chi connectivity index (χ0n) is 12.6. The fourth-order valence-corrected chi connectivity index (χ4v) is 1.30. The lowest BCUT2D eigenvalue weighted by Gasteiger charge is -2.21. The maximum atomic E-state index is 11.6. The molecule has 0 bridgehead atoms. The van der Waals surface area contributed by atoms with E-state index < -0.39 is 17.5 Å². The van der Waals surface area contributed by atoms with Gasteiger partial charge in [-0.1, -0.05) is 0 Å². The summed E-state index contributed by atoms with van der Waals surface area (Å²) >= 11 is 0. The molecule has 7 nitrogen and oxygen atoms in total. The Morgan fingerprint density at radius 2 is 1.63 bits per heavy atom. The molecule has 0 radical (unpaired) electrons. The highest BCUT2D eigenvalue weighted by atomic mass is 16.2. The average Bonchev–Trinajstić information content (AvgIpc) is 2.12. The zero-order valence-corrected chi connectivity index (χ0v) is 12.6. The zero-order chi connectivity index (χ0) is 15.2. The van der Waals surface area contributed by atoms with E-state index in [1.807, 2.05) is 20.8 Å². The summed E-state index contributed by atoms with van der Waals surface area (Å²) < 4.78 is 0. The molecule has 1 unspecified atom stereocenters. The van der Waals surface area contributed by atoms with Gasteiger partial charge >= 0.3 is 6.03 Å². The van der Waals surface area contributed by atoms with Crippen molar-refractivity contribution in [3.8, 4) is 0 Å². The minimum Gasteiger partial charge on any atom is -0.344 e. The third-order valence-corrected chi connectivity index (χ3v) is 2.16. The highest BCUT2D eigenvalue weighted by molar-refractivity contribution is 5.95. The van der Waals surface area contributed by atoms with E-state index in [2.05, 4.69) is 10.6 Å². The Bertz CT molecular complexity index is 347. The summed E-state index contributed by atoms with van der Waals surface area (Å²) in [5.74, 6) is -0.477. The first-order chi connectivity index (χ1) is 8.51. The molecule has 1 atom stereocenters. The van der Waals surface area contributed by atoms with Crippen molar-refractivity contribution in [1.29, 1.82) is 0 Å². The second kappa shape index (κ2) is 7.08. The van der Waals surface area contributed by atoms with Crippen molar-refractivity contribution in [2.75, 3.05) is 34.2 Å². The van der Waals surface area contributed by atoms with Gasteiger partial charge in [0, 0.05) is 19.6 Å². The van der Waals surface area contributed by atoms with E-state index in [9.17, 15) is 14.4 Å². The first-order valence-electron chi connectivity index (χ1n) is 6.14. The van der Waals surface area contributed by atoms with Crippen LogP contribution in [0.5, 0.6) is 0 Å². The molecule has 0 spiro atoms. The molecule has 0 aromatic heterocycles. The first-order valence-corrected chi connectivity index (χ1v) is 6.14. The number of carbonyl (C=O) groups is 3. The second-order valence-corrected chi connectivity index (χ2v) is 5.85. The summed E-state index contributed by atoms with van der Waals surface area (Å²) in [6, 6.07) is -0.524. The Morgan fingerprint density at radius 3 is 2.05 bits per heavy atom. The molecular weight excluding hydrogens is 248 g/mol. The van der Waals surface area contributed by atoms with E-state index in [1.54, 1.807) is 21.1 Å². The SMILES string of the molecule is CN(C)C(=O)C[NH+](C)CC(=O)NC(=O)NC(C)(C)C. The minimum atomic E-state index is -0.524. The molecule has 0 saturated heterocycles. The van der Waals surface area contributed by atoms with Crippen LogP contribution in [0.25, 0.3) is 0 Å². The van der Waals surface area contributed by atoms with Crippen LogP contribution >= 0.6 is 0 Å². The van der Waals surface area contributed by atoms with Gasteiger partial charge < -0.3 is 15.1 Å². The molecule has 3 N–H and O–H groups in total. The average molecular weight is 273 g/mol. The van der Waals surface area contributed by atoms with E-state index in [4.69, 9.17) is 0 Å². The van der Waals surface area contributed by atoms with Gasteiger partial charge in [0.1, 0.15) is 0 Å². The van der Waals surface area contributed by atoms with Crippen LogP contribution in [0, 0.1) is 0 Å². The molecule has 0 heterocycles. The Balaban J connectivity index is 4.11. The highest BCUT2D eigenvalue weighted by Gasteiger charge is 2.19. The Kier molecular flexibility index (Phi) is 6.47. The molecule has 110 valence electrons. The van der Waals surface area contributed by atoms with E-state index in [1.165, 1.54) is 4.90 Å². The molecule has 0 aliphatic carbocycles.